The van der Waals surface area contributed by atoms with E-state index in [2.05, 4.69) is 20.1 Å². The largest absolute Gasteiger partial charge is 0.392 e. The van der Waals surface area contributed by atoms with Gasteiger partial charge in [-0.25, -0.2) is 0 Å². The van der Waals surface area contributed by atoms with Crippen molar-refractivity contribution in [3.05, 3.63) is 24.3 Å². The molecular formula is C40H59NO11. The number of ketones is 1. The van der Waals surface area contributed by atoms with Gasteiger partial charge in [0.1, 0.15) is 36.3 Å². The van der Waals surface area contributed by atoms with E-state index in [1.165, 1.54) is 0 Å². The fourth-order valence-electron chi connectivity index (χ4n) is 11.3. The number of rotatable bonds is 4. The van der Waals surface area contributed by atoms with E-state index in [0.29, 0.717) is 25.7 Å². The summed E-state index contributed by atoms with van der Waals surface area (Å²) in [5, 5.41) is 10.5. The molecule has 0 aromatic carbocycles. The summed E-state index contributed by atoms with van der Waals surface area (Å²) >= 11 is 0. The van der Waals surface area contributed by atoms with E-state index in [1.54, 1.807) is 7.11 Å². The van der Waals surface area contributed by atoms with Gasteiger partial charge < -0.3 is 53.5 Å². The first kappa shape index (κ1) is 36.4. The van der Waals surface area contributed by atoms with Crippen LogP contribution in [0.25, 0.3) is 0 Å². The summed E-state index contributed by atoms with van der Waals surface area (Å²) in [6.07, 6.45) is 4.85. The Balaban J connectivity index is 0.994. The lowest BCUT2D eigenvalue weighted by Crippen LogP contribution is -2.61. The minimum atomic E-state index is -0.780. The van der Waals surface area contributed by atoms with E-state index in [9.17, 15) is 9.90 Å². The zero-order valence-electron chi connectivity index (χ0n) is 30.8. The number of fused-ring (bicyclic) bond motifs is 6. The summed E-state index contributed by atoms with van der Waals surface area (Å²) in [7, 11) is 1.66. The van der Waals surface area contributed by atoms with Crippen molar-refractivity contribution in [3.63, 3.8) is 0 Å². The molecule has 0 aromatic rings. The van der Waals surface area contributed by atoms with Crippen LogP contribution in [0.1, 0.15) is 90.4 Å². The van der Waals surface area contributed by atoms with Gasteiger partial charge in [-0.3, -0.25) is 4.79 Å². The maximum absolute atomic E-state index is 14.1. The number of aliphatic hydroxyl groups excluding tert-OH is 1. The Hall–Kier alpha value is -1.29. The molecule has 0 amide bonds. The quantitative estimate of drug-likeness (QED) is 0.409. The Morgan fingerprint density at radius 3 is 2.38 bits per heavy atom. The Morgan fingerprint density at radius 2 is 1.56 bits per heavy atom. The highest BCUT2D eigenvalue weighted by Gasteiger charge is 2.68. The normalized spacial score (nSPS) is 52.4. The van der Waals surface area contributed by atoms with Crippen LogP contribution in [-0.2, 0) is 47.4 Å². The van der Waals surface area contributed by atoms with Crippen LogP contribution in [0, 0.1) is 11.8 Å². The fraction of sp³-hybridized carbons (Fsp3) is 0.875. The third kappa shape index (κ3) is 6.59. The molecule has 10 aliphatic rings. The SMILES string of the molecule is C=C1CC2CC[C@@]34CC5OC6C(O3)[C@H]3OC(CCC3O[C@H]6C5O4)CC(=O)CC3C(C[C@H]4O[C@@H](CC[C@@H]1O2)C[C@@H](C)C4=C)O[C@H](CC(O)CN)[C@@H]3OC. The minimum Gasteiger partial charge on any atom is -0.392 e. The van der Waals surface area contributed by atoms with Crippen molar-refractivity contribution in [2.24, 2.45) is 17.6 Å². The third-order valence-electron chi connectivity index (χ3n) is 14.0. The van der Waals surface area contributed by atoms with E-state index in [0.717, 1.165) is 56.1 Å². The van der Waals surface area contributed by atoms with E-state index in [4.69, 9.17) is 48.4 Å². The van der Waals surface area contributed by atoms with Crippen molar-refractivity contribution in [2.45, 2.75) is 194 Å². The van der Waals surface area contributed by atoms with Gasteiger partial charge in [0, 0.05) is 58.1 Å². The molecule has 19 atom stereocenters. The number of methoxy groups -OCH3 is 1. The molecule has 3 N–H and O–H groups in total. The highest BCUT2D eigenvalue weighted by molar-refractivity contribution is 5.79. The summed E-state index contributed by atoms with van der Waals surface area (Å²) < 4.78 is 60.0. The highest BCUT2D eigenvalue weighted by atomic mass is 16.8. The molecule has 12 heteroatoms. The molecule has 10 heterocycles. The molecular weight excluding hydrogens is 670 g/mol. The standard InChI is InChI=1S/C40H59NO11/c1-19-11-24-5-7-28-20(2)12-26(45-28)9-10-40-17-33-36(51-40)37-38(50-33)39(52-40)35-29(49-37)8-6-25(47-35)13-22(42)14-27-31(16-30(46-24)21(19)3)48-32(34(27)44-4)15-23(43)18-41/h19,23-39,43H,2-3,5-18,41H2,1,4H3/t19-,23?,24+,25?,26?,27?,28+,29?,30-,31?,32-,33?,34-,35+,36?,37+,38?,39?,40+/m1/s1. The Labute approximate surface area is 307 Å². The summed E-state index contributed by atoms with van der Waals surface area (Å²) in [5.74, 6) is -0.619. The first-order valence-corrected chi connectivity index (χ1v) is 20.2. The Kier molecular flexibility index (Phi) is 10.0. The van der Waals surface area contributed by atoms with Crippen molar-refractivity contribution in [3.8, 4) is 0 Å². The van der Waals surface area contributed by atoms with Gasteiger partial charge in [-0.15, -0.1) is 0 Å². The number of aliphatic hydroxyl groups is 1. The van der Waals surface area contributed by atoms with Gasteiger partial charge in [0.15, 0.2) is 5.79 Å². The van der Waals surface area contributed by atoms with Crippen LogP contribution >= 0.6 is 0 Å². The first-order chi connectivity index (χ1) is 25.1. The lowest BCUT2D eigenvalue weighted by Gasteiger charge is -2.47. The topological polar surface area (TPSA) is 146 Å². The molecule has 10 rings (SSSR count). The van der Waals surface area contributed by atoms with Gasteiger partial charge in [0.25, 0.3) is 0 Å². The van der Waals surface area contributed by atoms with Crippen LogP contribution in [0.2, 0.25) is 0 Å². The second-order valence-corrected chi connectivity index (χ2v) is 17.4. The van der Waals surface area contributed by atoms with E-state index in [-0.39, 0.29) is 122 Å². The summed E-state index contributed by atoms with van der Waals surface area (Å²) in [4.78, 5) is 14.1. The number of carbonyl (C=O) groups is 1. The average molecular weight is 730 g/mol. The van der Waals surface area contributed by atoms with Gasteiger partial charge >= 0.3 is 0 Å². The van der Waals surface area contributed by atoms with E-state index in [1.807, 2.05) is 0 Å². The van der Waals surface area contributed by atoms with Crippen LogP contribution in [0.4, 0.5) is 0 Å². The van der Waals surface area contributed by atoms with Gasteiger partial charge in [0.05, 0.1) is 67.1 Å². The van der Waals surface area contributed by atoms with Gasteiger partial charge in [-0.2, -0.15) is 0 Å². The molecule has 0 aliphatic carbocycles. The molecule has 0 saturated carbocycles. The van der Waals surface area contributed by atoms with E-state index >= 15 is 0 Å². The van der Waals surface area contributed by atoms with Gasteiger partial charge in [-0.1, -0.05) is 20.1 Å². The summed E-state index contributed by atoms with van der Waals surface area (Å²) in [5.41, 5.74) is 8.01. The molecule has 52 heavy (non-hydrogen) atoms. The molecule has 12 nitrogen and oxygen atoms in total. The van der Waals surface area contributed by atoms with Gasteiger partial charge in [0.2, 0.25) is 0 Å². The maximum Gasteiger partial charge on any atom is 0.172 e. The number of carbonyl (C=O) groups excluding carboxylic acids is 1. The van der Waals surface area contributed by atoms with Crippen molar-refractivity contribution in [2.75, 3.05) is 13.7 Å². The summed E-state index contributed by atoms with van der Waals surface area (Å²) in [6, 6.07) is 0. The number of hydrogen-bond acceptors (Lipinski definition) is 12. The molecule has 0 aromatic heterocycles. The van der Waals surface area contributed by atoms with Crippen molar-refractivity contribution >= 4 is 5.78 Å². The van der Waals surface area contributed by atoms with Crippen molar-refractivity contribution in [1.82, 2.24) is 0 Å². The van der Waals surface area contributed by atoms with Crippen LogP contribution in [-0.4, -0.2) is 128 Å². The Bertz CT molecular complexity index is 1380. The first-order valence-electron chi connectivity index (χ1n) is 20.2. The molecule has 12 bridgehead atoms. The number of hydrogen-bond donors (Lipinski definition) is 2. The molecule has 10 unspecified atom stereocenters. The predicted molar refractivity (Wildman–Crippen MR) is 186 cm³/mol. The Morgan fingerprint density at radius 1 is 0.808 bits per heavy atom. The summed E-state index contributed by atoms with van der Waals surface area (Å²) in [6.45, 7) is 11.3. The molecule has 10 aliphatic heterocycles. The number of nitrogens with two attached hydrogens (primary N) is 1. The second kappa shape index (κ2) is 14.3. The highest BCUT2D eigenvalue weighted by Crippen LogP contribution is 2.54. The zero-order chi connectivity index (χ0) is 35.9. The van der Waals surface area contributed by atoms with Crippen LogP contribution in [0.15, 0.2) is 24.3 Å². The molecule has 1 spiro atoms. The fourth-order valence-corrected chi connectivity index (χ4v) is 11.3. The van der Waals surface area contributed by atoms with Crippen molar-refractivity contribution < 1.29 is 52.5 Å². The average Bonchev–Trinajstić information content (AvgIpc) is 3.79. The molecule has 10 fully saturated rings. The minimum absolute atomic E-state index is 0.0158. The van der Waals surface area contributed by atoms with Crippen LogP contribution in [0.3, 0.4) is 0 Å². The predicted octanol–water partition coefficient (Wildman–Crippen LogP) is 3.44. The second-order valence-electron chi connectivity index (χ2n) is 17.4. The van der Waals surface area contributed by atoms with Crippen LogP contribution < -0.4 is 5.73 Å². The number of Topliss-reactive ketones (excluding diaryl/α,β-unsaturated/α-hetero) is 1. The molecule has 290 valence electrons. The molecule has 10 saturated heterocycles. The smallest absolute Gasteiger partial charge is 0.172 e. The maximum atomic E-state index is 14.1. The molecule has 0 radical (unpaired) electrons. The van der Waals surface area contributed by atoms with Crippen LogP contribution in [0.5, 0.6) is 0 Å². The number of ether oxygens (including phenoxy) is 9. The van der Waals surface area contributed by atoms with E-state index < -0.39 is 18.0 Å². The van der Waals surface area contributed by atoms with Crippen molar-refractivity contribution in [1.29, 1.82) is 0 Å². The lowest BCUT2D eigenvalue weighted by molar-refractivity contribution is -0.292. The lowest BCUT2D eigenvalue weighted by atomic mass is 9.81. The zero-order valence-corrected chi connectivity index (χ0v) is 30.8. The third-order valence-corrected chi connectivity index (χ3v) is 14.0. The monoisotopic (exact) mass is 729 g/mol. The van der Waals surface area contributed by atoms with Gasteiger partial charge in [-0.05, 0) is 62.0 Å².